The van der Waals surface area contributed by atoms with E-state index in [1.807, 2.05) is 0 Å². The largest absolute Gasteiger partial charge is 0.414 e. The minimum atomic E-state index is -4.46. The molecule has 0 spiro atoms. The summed E-state index contributed by atoms with van der Waals surface area (Å²) < 4.78 is 35.5. The van der Waals surface area contributed by atoms with Crippen molar-refractivity contribution in [1.82, 2.24) is 0 Å². The van der Waals surface area contributed by atoms with Gasteiger partial charge in [-0.2, -0.15) is 13.2 Å². The first-order chi connectivity index (χ1) is 4.93. The SMILES string of the molecule is CCC(CC)[C@H](O)C(F)(F)F. The number of rotatable bonds is 3. The zero-order valence-electron chi connectivity index (χ0n) is 6.65. The van der Waals surface area contributed by atoms with Crippen molar-refractivity contribution in [2.75, 3.05) is 0 Å². The number of aliphatic hydroxyl groups is 1. The molecular formula is C7H13F3O. The van der Waals surface area contributed by atoms with E-state index < -0.39 is 18.2 Å². The molecule has 0 bridgehead atoms. The van der Waals surface area contributed by atoms with Crippen LogP contribution >= 0.6 is 0 Å². The highest BCUT2D eigenvalue weighted by molar-refractivity contribution is 4.72. The fraction of sp³-hybridized carbons (Fsp3) is 1.00. The molecule has 0 saturated carbocycles. The Morgan fingerprint density at radius 3 is 1.64 bits per heavy atom. The van der Waals surface area contributed by atoms with Gasteiger partial charge in [-0.3, -0.25) is 0 Å². The van der Waals surface area contributed by atoms with Gasteiger partial charge in [-0.25, -0.2) is 0 Å². The van der Waals surface area contributed by atoms with Gasteiger partial charge in [-0.15, -0.1) is 0 Å². The molecule has 11 heavy (non-hydrogen) atoms. The maximum atomic E-state index is 11.8. The van der Waals surface area contributed by atoms with Crippen LogP contribution in [-0.4, -0.2) is 17.4 Å². The molecule has 0 aliphatic rings. The molecule has 0 aromatic heterocycles. The van der Waals surface area contributed by atoms with Crippen molar-refractivity contribution in [3.8, 4) is 0 Å². The van der Waals surface area contributed by atoms with E-state index in [4.69, 9.17) is 5.11 Å². The predicted molar refractivity (Wildman–Crippen MR) is 36.1 cm³/mol. The molecule has 0 rings (SSSR count). The zero-order valence-corrected chi connectivity index (χ0v) is 6.65. The van der Waals surface area contributed by atoms with Crippen LogP contribution in [0.25, 0.3) is 0 Å². The van der Waals surface area contributed by atoms with Crippen LogP contribution < -0.4 is 0 Å². The third-order valence-electron chi connectivity index (χ3n) is 1.83. The molecule has 1 N–H and O–H groups in total. The lowest BCUT2D eigenvalue weighted by atomic mass is 9.96. The Balaban J connectivity index is 4.09. The van der Waals surface area contributed by atoms with Crippen molar-refractivity contribution in [3.05, 3.63) is 0 Å². The van der Waals surface area contributed by atoms with Crippen LogP contribution in [0.3, 0.4) is 0 Å². The van der Waals surface area contributed by atoms with Crippen molar-refractivity contribution < 1.29 is 18.3 Å². The van der Waals surface area contributed by atoms with E-state index in [2.05, 4.69) is 0 Å². The van der Waals surface area contributed by atoms with Crippen molar-refractivity contribution >= 4 is 0 Å². The normalized spacial score (nSPS) is 15.5. The summed E-state index contributed by atoms with van der Waals surface area (Å²) in [4.78, 5) is 0. The summed E-state index contributed by atoms with van der Waals surface area (Å²) in [6.45, 7) is 3.28. The van der Waals surface area contributed by atoms with E-state index in [0.717, 1.165) is 0 Å². The zero-order chi connectivity index (χ0) is 9.07. The average molecular weight is 170 g/mol. The second-order valence-corrected chi connectivity index (χ2v) is 2.56. The van der Waals surface area contributed by atoms with E-state index >= 15 is 0 Å². The number of aliphatic hydroxyl groups excluding tert-OH is 1. The standard InChI is InChI=1S/C7H13F3O/c1-3-5(4-2)6(11)7(8,9)10/h5-6,11H,3-4H2,1-2H3/t6-/m0/s1. The minimum Gasteiger partial charge on any atom is -0.383 e. The Morgan fingerprint density at radius 1 is 1.18 bits per heavy atom. The van der Waals surface area contributed by atoms with Crippen molar-refractivity contribution in [1.29, 1.82) is 0 Å². The highest BCUT2D eigenvalue weighted by Crippen LogP contribution is 2.28. The van der Waals surface area contributed by atoms with E-state index in [9.17, 15) is 13.2 Å². The van der Waals surface area contributed by atoms with Gasteiger partial charge in [0.05, 0.1) is 0 Å². The second kappa shape index (κ2) is 3.95. The van der Waals surface area contributed by atoms with Gasteiger partial charge >= 0.3 is 6.18 Å². The van der Waals surface area contributed by atoms with Crippen LogP contribution in [-0.2, 0) is 0 Å². The molecule has 0 radical (unpaired) electrons. The predicted octanol–water partition coefficient (Wildman–Crippen LogP) is 2.35. The van der Waals surface area contributed by atoms with Crippen molar-refractivity contribution in [3.63, 3.8) is 0 Å². The molecule has 0 saturated heterocycles. The number of hydrogen-bond donors (Lipinski definition) is 1. The van der Waals surface area contributed by atoms with Crippen LogP contribution in [0.1, 0.15) is 26.7 Å². The molecule has 0 unspecified atom stereocenters. The van der Waals surface area contributed by atoms with E-state index in [-0.39, 0.29) is 0 Å². The summed E-state index contributed by atoms with van der Waals surface area (Å²) in [7, 11) is 0. The minimum absolute atomic E-state index is 0.358. The summed E-state index contributed by atoms with van der Waals surface area (Å²) in [5.41, 5.74) is 0. The first-order valence-electron chi connectivity index (χ1n) is 3.68. The highest BCUT2D eigenvalue weighted by Gasteiger charge is 2.41. The topological polar surface area (TPSA) is 20.2 Å². The molecule has 68 valence electrons. The third-order valence-corrected chi connectivity index (χ3v) is 1.83. The number of halogens is 3. The first kappa shape index (κ1) is 10.8. The average Bonchev–Trinajstić information content (AvgIpc) is 1.88. The van der Waals surface area contributed by atoms with Crippen LogP contribution in [0, 0.1) is 5.92 Å². The second-order valence-electron chi connectivity index (χ2n) is 2.56. The van der Waals surface area contributed by atoms with Crippen molar-refractivity contribution in [2.24, 2.45) is 5.92 Å². The fourth-order valence-corrected chi connectivity index (χ4v) is 1.00. The smallest absolute Gasteiger partial charge is 0.383 e. The van der Waals surface area contributed by atoms with Gasteiger partial charge in [0, 0.05) is 0 Å². The van der Waals surface area contributed by atoms with Gasteiger partial charge in [-0.1, -0.05) is 26.7 Å². The molecule has 1 atom stereocenters. The van der Waals surface area contributed by atoms with Gasteiger partial charge in [-0.05, 0) is 5.92 Å². The molecule has 0 amide bonds. The van der Waals surface area contributed by atoms with E-state index in [1.54, 1.807) is 13.8 Å². The van der Waals surface area contributed by atoms with Gasteiger partial charge in [0.2, 0.25) is 0 Å². The van der Waals surface area contributed by atoms with Gasteiger partial charge in [0.25, 0.3) is 0 Å². The Labute approximate surface area is 64.2 Å². The lowest BCUT2D eigenvalue weighted by molar-refractivity contribution is -0.220. The quantitative estimate of drug-likeness (QED) is 0.689. The summed E-state index contributed by atoms with van der Waals surface area (Å²) in [6.07, 6.45) is -5.90. The monoisotopic (exact) mass is 170 g/mol. The Hall–Kier alpha value is -0.250. The number of alkyl halides is 3. The Bertz CT molecular complexity index is 107. The van der Waals surface area contributed by atoms with Gasteiger partial charge in [0.15, 0.2) is 6.10 Å². The molecule has 1 nitrogen and oxygen atoms in total. The maximum absolute atomic E-state index is 11.8. The molecule has 0 aliphatic heterocycles. The first-order valence-corrected chi connectivity index (χ1v) is 3.68. The van der Waals surface area contributed by atoms with Crippen LogP contribution in [0.15, 0.2) is 0 Å². The fourth-order valence-electron chi connectivity index (χ4n) is 1.00. The van der Waals surface area contributed by atoms with Crippen LogP contribution in [0.4, 0.5) is 13.2 Å². The lowest BCUT2D eigenvalue weighted by Gasteiger charge is -2.22. The van der Waals surface area contributed by atoms with Gasteiger partial charge < -0.3 is 5.11 Å². The van der Waals surface area contributed by atoms with E-state index in [1.165, 1.54) is 0 Å². The third kappa shape index (κ3) is 3.10. The molecule has 4 heteroatoms. The van der Waals surface area contributed by atoms with E-state index in [0.29, 0.717) is 12.8 Å². The maximum Gasteiger partial charge on any atom is 0.414 e. The molecule has 0 aliphatic carbocycles. The molecular weight excluding hydrogens is 157 g/mol. The van der Waals surface area contributed by atoms with Crippen LogP contribution in [0.2, 0.25) is 0 Å². The van der Waals surface area contributed by atoms with Crippen LogP contribution in [0.5, 0.6) is 0 Å². The summed E-state index contributed by atoms with van der Waals surface area (Å²) in [6, 6.07) is 0. The number of hydrogen-bond acceptors (Lipinski definition) is 1. The van der Waals surface area contributed by atoms with Gasteiger partial charge in [0.1, 0.15) is 0 Å². The summed E-state index contributed by atoms with van der Waals surface area (Å²) in [5, 5.41) is 8.72. The lowest BCUT2D eigenvalue weighted by Crippen LogP contribution is -2.35. The summed E-state index contributed by atoms with van der Waals surface area (Å²) >= 11 is 0. The molecule has 0 fully saturated rings. The highest BCUT2D eigenvalue weighted by atomic mass is 19.4. The molecule has 0 heterocycles. The summed E-state index contributed by atoms with van der Waals surface area (Å²) in [5.74, 6) is -0.657. The van der Waals surface area contributed by atoms with Crippen molar-refractivity contribution in [2.45, 2.75) is 39.0 Å². The molecule has 0 aromatic rings. The Kier molecular flexibility index (Phi) is 3.86. The molecule has 0 aromatic carbocycles. The Morgan fingerprint density at radius 2 is 1.55 bits per heavy atom.